The second-order valence-corrected chi connectivity index (χ2v) is 10.6. The van der Waals surface area contributed by atoms with Crippen molar-refractivity contribution >= 4 is 68.4 Å². The quantitative estimate of drug-likeness (QED) is 0.432. The van der Waals surface area contributed by atoms with Crippen LogP contribution in [0, 0.1) is 5.41 Å². The second kappa shape index (κ2) is 10.8. The molecule has 0 bridgehead atoms. The van der Waals surface area contributed by atoms with E-state index in [-0.39, 0.29) is 33.7 Å². The number of nitrogens with zero attached hydrogens (tertiary/aromatic N) is 2. The summed E-state index contributed by atoms with van der Waals surface area (Å²) >= 11 is 15.4. The van der Waals surface area contributed by atoms with Crippen LogP contribution in [0.2, 0.25) is 10.0 Å². The third-order valence-corrected chi connectivity index (χ3v) is 8.07. The first-order valence-electron chi connectivity index (χ1n) is 11.4. The molecule has 1 fully saturated rings. The molecule has 3 N–H and O–H groups in total. The fourth-order valence-electron chi connectivity index (χ4n) is 4.62. The van der Waals surface area contributed by atoms with E-state index in [2.05, 4.69) is 31.5 Å². The van der Waals surface area contributed by atoms with Gasteiger partial charge in [-0.2, -0.15) is 0 Å². The summed E-state index contributed by atoms with van der Waals surface area (Å²) in [6, 6.07) is 5.72. The largest absolute Gasteiger partial charge is 0.480 e. The Morgan fingerprint density at radius 1 is 1.14 bits per heavy atom. The number of ketones is 1. The van der Waals surface area contributed by atoms with Gasteiger partial charge in [0.05, 0.1) is 25.5 Å². The topological polar surface area (TPSA) is 129 Å². The predicted molar refractivity (Wildman–Crippen MR) is 142 cm³/mol. The van der Waals surface area contributed by atoms with Crippen LogP contribution in [0.1, 0.15) is 35.7 Å². The third kappa shape index (κ3) is 5.37. The number of carboxylic acids is 1. The van der Waals surface area contributed by atoms with Crippen molar-refractivity contribution < 1.29 is 24.3 Å². The number of rotatable bonds is 7. The van der Waals surface area contributed by atoms with Crippen LogP contribution in [0.3, 0.4) is 0 Å². The molecule has 1 aliphatic carbocycles. The highest BCUT2D eigenvalue weighted by Crippen LogP contribution is 2.51. The molecular formula is C25H23BrCl2N4O5. The van der Waals surface area contributed by atoms with E-state index in [0.717, 1.165) is 0 Å². The molecule has 1 spiro atoms. The number of carbonyl (C=O) groups excluding carboxylic acids is 3. The maximum absolute atomic E-state index is 12.8. The van der Waals surface area contributed by atoms with Gasteiger partial charge in [-0.25, -0.2) is 4.79 Å². The summed E-state index contributed by atoms with van der Waals surface area (Å²) < 4.78 is 0.349. The maximum atomic E-state index is 12.8. The van der Waals surface area contributed by atoms with Gasteiger partial charge in [-0.3, -0.25) is 19.4 Å². The van der Waals surface area contributed by atoms with Crippen LogP contribution < -0.4 is 10.6 Å². The summed E-state index contributed by atoms with van der Waals surface area (Å²) in [7, 11) is 0. The molecule has 1 aromatic heterocycles. The summed E-state index contributed by atoms with van der Waals surface area (Å²) in [6.07, 6.45) is 3.67. The molecule has 2 aromatic rings. The molecule has 0 radical (unpaired) electrons. The van der Waals surface area contributed by atoms with E-state index in [0.29, 0.717) is 47.4 Å². The summed E-state index contributed by atoms with van der Waals surface area (Å²) in [6.45, 7) is 2.37. The molecule has 1 aromatic carbocycles. The number of aromatic nitrogens is 1. The van der Waals surface area contributed by atoms with E-state index >= 15 is 0 Å². The Morgan fingerprint density at radius 2 is 1.73 bits per heavy atom. The van der Waals surface area contributed by atoms with Crippen LogP contribution in [0.25, 0.3) is 0 Å². The van der Waals surface area contributed by atoms with Gasteiger partial charge in [-0.05, 0) is 46.5 Å². The van der Waals surface area contributed by atoms with Crippen molar-refractivity contribution in [3.63, 3.8) is 0 Å². The van der Waals surface area contributed by atoms with Gasteiger partial charge in [0.15, 0.2) is 5.78 Å². The van der Waals surface area contributed by atoms with Crippen molar-refractivity contribution in [2.45, 2.75) is 32.2 Å². The molecule has 37 heavy (non-hydrogen) atoms. The number of hydrogen-bond acceptors (Lipinski definition) is 6. The monoisotopic (exact) mass is 608 g/mol. The predicted octanol–water partition coefficient (Wildman–Crippen LogP) is 4.04. The molecule has 1 aliphatic heterocycles. The van der Waals surface area contributed by atoms with Gasteiger partial charge in [0.25, 0.3) is 5.91 Å². The number of pyridine rings is 1. The Labute approximate surface area is 231 Å². The highest BCUT2D eigenvalue weighted by Gasteiger charge is 2.55. The maximum Gasteiger partial charge on any atom is 0.326 e. The first kappa shape index (κ1) is 27.1. The average molecular weight is 610 g/mol. The minimum absolute atomic E-state index is 0.0470. The average Bonchev–Trinajstić information content (AvgIpc) is 2.86. The Morgan fingerprint density at radius 3 is 2.27 bits per heavy atom. The number of aliphatic carboxylic acids is 1. The Kier molecular flexibility index (Phi) is 7.91. The van der Waals surface area contributed by atoms with Crippen LogP contribution in [0.5, 0.6) is 0 Å². The molecule has 2 amide bonds. The van der Waals surface area contributed by atoms with Crippen molar-refractivity contribution in [1.29, 1.82) is 0 Å². The van der Waals surface area contributed by atoms with E-state index in [1.807, 2.05) is 0 Å². The number of nitrogens with one attached hydrogen (secondary N) is 2. The summed E-state index contributed by atoms with van der Waals surface area (Å²) in [5, 5.41) is 15.9. The first-order chi connectivity index (χ1) is 17.5. The molecule has 2 aliphatic rings. The van der Waals surface area contributed by atoms with Crippen molar-refractivity contribution in [3.8, 4) is 0 Å². The third-order valence-electron chi connectivity index (χ3n) is 6.74. The SMILES string of the molecule is CC(=O)N1CCC2(CC1)C(=O)C(Br)=C2N[C@@H](Cc1ccc(NC(=O)c2c(Cl)cncc2Cl)cc1)C(=O)O. The number of carboxylic acid groups (broad SMARTS) is 1. The van der Waals surface area contributed by atoms with Gasteiger partial charge < -0.3 is 20.6 Å². The molecule has 4 rings (SSSR count). The van der Waals surface area contributed by atoms with Gasteiger partial charge in [-0.15, -0.1) is 0 Å². The van der Waals surface area contributed by atoms with E-state index in [9.17, 15) is 24.3 Å². The molecule has 194 valence electrons. The van der Waals surface area contributed by atoms with E-state index < -0.39 is 23.3 Å². The van der Waals surface area contributed by atoms with Crippen LogP contribution >= 0.6 is 39.1 Å². The number of anilines is 1. The summed E-state index contributed by atoms with van der Waals surface area (Å²) in [5.74, 6) is -1.68. The van der Waals surface area contributed by atoms with Gasteiger partial charge >= 0.3 is 5.97 Å². The lowest BCUT2D eigenvalue weighted by Gasteiger charge is -2.48. The highest BCUT2D eigenvalue weighted by molar-refractivity contribution is 9.12. The van der Waals surface area contributed by atoms with E-state index in [4.69, 9.17) is 23.2 Å². The lowest BCUT2D eigenvalue weighted by atomic mass is 9.64. The van der Waals surface area contributed by atoms with Crippen molar-refractivity contribution in [1.82, 2.24) is 15.2 Å². The molecule has 0 unspecified atom stereocenters. The first-order valence-corrected chi connectivity index (χ1v) is 13.0. The Balaban J connectivity index is 1.44. The van der Waals surface area contributed by atoms with Gasteiger partial charge in [-0.1, -0.05) is 35.3 Å². The summed E-state index contributed by atoms with van der Waals surface area (Å²) in [5.41, 5.74) is 1.06. The van der Waals surface area contributed by atoms with E-state index in [1.54, 1.807) is 29.2 Å². The van der Waals surface area contributed by atoms with Gasteiger partial charge in [0.2, 0.25) is 5.91 Å². The number of hydrogen-bond donors (Lipinski definition) is 3. The zero-order chi connectivity index (χ0) is 26.9. The minimum atomic E-state index is -1.07. The van der Waals surface area contributed by atoms with Gasteiger partial charge in [0.1, 0.15) is 6.04 Å². The second-order valence-electron chi connectivity index (χ2n) is 8.97. The molecule has 2 heterocycles. The lowest BCUT2D eigenvalue weighted by Crippen LogP contribution is -2.57. The highest BCUT2D eigenvalue weighted by atomic mass is 79.9. The number of Topliss-reactive ketones (excluding diaryl/α,β-unsaturated/α-hetero) is 1. The lowest BCUT2D eigenvalue weighted by molar-refractivity contribution is -0.140. The van der Waals surface area contributed by atoms with Crippen LogP contribution in [0.15, 0.2) is 46.8 Å². The normalized spacial score (nSPS) is 17.3. The number of likely N-dealkylation sites (tertiary alicyclic amines) is 1. The number of allylic oxidation sites excluding steroid dienone is 2. The van der Waals surface area contributed by atoms with Crippen LogP contribution in [-0.4, -0.2) is 57.7 Å². The molecule has 0 saturated carbocycles. The standard InChI is InChI=1S/C25H23BrCl2N4O5/c1-13(33)32-8-6-25(7-9-32)21(20(26)22(25)34)31-18(24(36)37)10-14-2-4-15(5-3-14)30-23(35)19-16(27)11-29-12-17(19)28/h2-5,11-12,18,31H,6-10H2,1H3,(H,30,35)(H,36,37)/t18-/m0/s1. The van der Waals surface area contributed by atoms with Crippen LogP contribution in [0.4, 0.5) is 5.69 Å². The smallest absolute Gasteiger partial charge is 0.326 e. The van der Waals surface area contributed by atoms with Crippen LogP contribution in [-0.2, 0) is 20.8 Å². The molecule has 9 nitrogen and oxygen atoms in total. The van der Waals surface area contributed by atoms with Gasteiger partial charge in [0, 0.05) is 50.2 Å². The molecule has 12 heteroatoms. The number of piperidine rings is 1. The minimum Gasteiger partial charge on any atom is -0.480 e. The number of benzene rings is 1. The fraction of sp³-hybridized carbons (Fsp3) is 0.320. The molecular weight excluding hydrogens is 587 g/mol. The number of amides is 2. The Hall–Kier alpha value is -2.95. The zero-order valence-corrected chi connectivity index (χ0v) is 22.8. The number of carbonyl (C=O) groups is 4. The van der Waals surface area contributed by atoms with Crippen molar-refractivity contribution in [3.05, 3.63) is 68.0 Å². The zero-order valence-electron chi connectivity index (χ0n) is 19.7. The van der Waals surface area contributed by atoms with Crippen molar-refractivity contribution in [2.75, 3.05) is 18.4 Å². The summed E-state index contributed by atoms with van der Waals surface area (Å²) in [4.78, 5) is 54.6. The number of halogens is 3. The van der Waals surface area contributed by atoms with E-state index in [1.165, 1.54) is 19.3 Å². The molecule has 1 atom stereocenters. The molecule has 1 saturated heterocycles. The Bertz CT molecular complexity index is 1290. The van der Waals surface area contributed by atoms with Crippen molar-refractivity contribution in [2.24, 2.45) is 5.41 Å². The fourth-order valence-corrected chi connectivity index (χ4v) is 6.03.